The first-order chi connectivity index (χ1) is 13.5. The SMILES string of the molecule is Cc1cc(C)cc(NC(=O)[C@@H](C)CS(=O)(=O)c2ccc3c(c2)NC(=O)[C@H](C)S3)c1. The molecule has 0 aromatic heterocycles. The van der Waals surface area contributed by atoms with Crippen LogP contribution >= 0.6 is 11.8 Å². The van der Waals surface area contributed by atoms with Crippen LogP contribution in [-0.4, -0.2) is 31.2 Å². The van der Waals surface area contributed by atoms with Gasteiger partial charge in [-0.05, 0) is 62.2 Å². The molecular weight excluding hydrogens is 408 g/mol. The van der Waals surface area contributed by atoms with E-state index in [-0.39, 0.29) is 27.7 Å². The summed E-state index contributed by atoms with van der Waals surface area (Å²) in [7, 11) is -3.70. The van der Waals surface area contributed by atoms with Crippen LogP contribution in [-0.2, 0) is 19.4 Å². The molecule has 0 saturated heterocycles. The standard InChI is InChI=1S/C21H24N2O4S2/c1-12-7-13(2)9-16(8-12)22-20(24)14(3)11-29(26,27)17-5-6-19-18(10-17)23-21(25)15(4)28-19/h5-10,14-15H,11H2,1-4H3,(H,22,24)(H,23,25)/t14-,15-/m0/s1. The minimum absolute atomic E-state index is 0.0951. The molecule has 0 aliphatic carbocycles. The van der Waals surface area contributed by atoms with Crippen LogP contribution < -0.4 is 10.6 Å². The molecule has 1 heterocycles. The van der Waals surface area contributed by atoms with Crippen molar-refractivity contribution in [1.29, 1.82) is 0 Å². The fraction of sp³-hybridized carbons (Fsp3) is 0.333. The predicted octanol–water partition coefficient (Wildman–Crippen LogP) is 3.78. The topological polar surface area (TPSA) is 92.3 Å². The van der Waals surface area contributed by atoms with Crippen molar-refractivity contribution in [2.24, 2.45) is 5.92 Å². The van der Waals surface area contributed by atoms with Gasteiger partial charge in [-0.2, -0.15) is 0 Å². The number of carbonyl (C=O) groups is 2. The molecule has 1 aliphatic rings. The second kappa shape index (κ2) is 8.20. The summed E-state index contributed by atoms with van der Waals surface area (Å²) >= 11 is 1.39. The van der Waals surface area contributed by atoms with E-state index >= 15 is 0 Å². The zero-order chi connectivity index (χ0) is 21.3. The van der Waals surface area contributed by atoms with Crippen LogP contribution in [0.25, 0.3) is 0 Å². The lowest BCUT2D eigenvalue weighted by Crippen LogP contribution is -2.28. The third kappa shape index (κ3) is 5.00. The Morgan fingerprint density at radius 1 is 1.17 bits per heavy atom. The monoisotopic (exact) mass is 432 g/mol. The summed E-state index contributed by atoms with van der Waals surface area (Å²) in [6.07, 6.45) is 0. The van der Waals surface area contributed by atoms with Gasteiger partial charge in [0.25, 0.3) is 0 Å². The Bertz CT molecular complexity index is 1060. The second-order valence-corrected chi connectivity index (χ2v) is 10.9. The first-order valence-electron chi connectivity index (χ1n) is 9.28. The van der Waals surface area contributed by atoms with Gasteiger partial charge >= 0.3 is 0 Å². The molecule has 0 unspecified atom stereocenters. The Morgan fingerprint density at radius 3 is 2.48 bits per heavy atom. The molecule has 0 radical (unpaired) electrons. The number of hydrogen-bond donors (Lipinski definition) is 2. The van der Waals surface area contributed by atoms with Crippen LogP contribution in [0.2, 0.25) is 0 Å². The number of sulfone groups is 1. The lowest BCUT2D eigenvalue weighted by atomic mass is 10.1. The highest BCUT2D eigenvalue weighted by molar-refractivity contribution is 8.01. The van der Waals surface area contributed by atoms with Gasteiger partial charge in [-0.25, -0.2) is 8.42 Å². The maximum atomic E-state index is 12.8. The Balaban J connectivity index is 1.74. The minimum Gasteiger partial charge on any atom is -0.326 e. The molecule has 154 valence electrons. The zero-order valence-electron chi connectivity index (χ0n) is 16.8. The third-order valence-electron chi connectivity index (χ3n) is 4.65. The molecule has 0 spiro atoms. The van der Waals surface area contributed by atoms with Crippen molar-refractivity contribution >= 4 is 44.8 Å². The van der Waals surface area contributed by atoms with Gasteiger partial charge in [0.15, 0.2) is 9.84 Å². The average molecular weight is 433 g/mol. The van der Waals surface area contributed by atoms with Crippen molar-refractivity contribution in [3.05, 3.63) is 47.5 Å². The summed E-state index contributed by atoms with van der Waals surface area (Å²) < 4.78 is 25.7. The summed E-state index contributed by atoms with van der Waals surface area (Å²) in [5.74, 6) is -1.56. The van der Waals surface area contributed by atoms with Gasteiger partial charge in [0, 0.05) is 16.5 Å². The van der Waals surface area contributed by atoms with Crippen molar-refractivity contribution < 1.29 is 18.0 Å². The third-order valence-corrected chi connectivity index (χ3v) is 7.74. The Labute approximate surface area is 175 Å². The summed E-state index contributed by atoms with van der Waals surface area (Å²) in [4.78, 5) is 25.3. The van der Waals surface area contributed by atoms with Crippen molar-refractivity contribution in [2.75, 3.05) is 16.4 Å². The Hall–Kier alpha value is -2.32. The molecule has 6 nitrogen and oxygen atoms in total. The number of fused-ring (bicyclic) bond motifs is 1. The van der Waals surface area contributed by atoms with E-state index < -0.39 is 15.8 Å². The number of anilines is 2. The molecule has 2 atom stereocenters. The van der Waals surface area contributed by atoms with E-state index in [4.69, 9.17) is 0 Å². The molecule has 0 bridgehead atoms. The lowest BCUT2D eigenvalue weighted by Gasteiger charge is -2.22. The summed E-state index contributed by atoms with van der Waals surface area (Å²) in [5.41, 5.74) is 3.18. The summed E-state index contributed by atoms with van der Waals surface area (Å²) in [6.45, 7) is 7.26. The fourth-order valence-corrected chi connectivity index (χ4v) is 5.70. The summed E-state index contributed by atoms with van der Waals surface area (Å²) in [6, 6.07) is 10.4. The summed E-state index contributed by atoms with van der Waals surface area (Å²) in [5, 5.41) is 5.31. The quantitative estimate of drug-likeness (QED) is 0.750. The van der Waals surface area contributed by atoms with Crippen LogP contribution in [0, 0.1) is 19.8 Å². The largest absolute Gasteiger partial charge is 0.326 e. The first-order valence-corrected chi connectivity index (χ1v) is 11.8. The molecular formula is C21H24N2O4S2. The van der Waals surface area contributed by atoms with Crippen molar-refractivity contribution in [2.45, 2.75) is 42.7 Å². The Morgan fingerprint density at radius 2 is 1.83 bits per heavy atom. The lowest BCUT2D eigenvalue weighted by molar-refractivity contribution is -0.119. The highest BCUT2D eigenvalue weighted by Gasteiger charge is 2.27. The van der Waals surface area contributed by atoms with Crippen molar-refractivity contribution in [1.82, 2.24) is 0 Å². The maximum absolute atomic E-state index is 12.8. The molecule has 2 amide bonds. The molecule has 3 rings (SSSR count). The maximum Gasteiger partial charge on any atom is 0.237 e. The van der Waals surface area contributed by atoms with Crippen molar-refractivity contribution in [3.63, 3.8) is 0 Å². The number of aryl methyl sites for hydroxylation is 2. The van der Waals surface area contributed by atoms with E-state index in [0.717, 1.165) is 16.0 Å². The molecule has 8 heteroatoms. The van der Waals surface area contributed by atoms with Crippen LogP contribution in [0.5, 0.6) is 0 Å². The van der Waals surface area contributed by atoms with Gasteiger partial charge in [-0.3, -0.25) is 9.59 Å². The number of carbonyl (C=O) groups excluding carboxylic acids is 2. The molecule has 2 N–H and O–H groups in total. The van der Waals surface area contributed by atoms with E-state index in [1.807, 2.05) is 32.0 Å². The van der Waals surface area contributed by atoms with Crippen LogP contribution in [0.4, 0.5) is 11.4 Å². The van der Waals surface area contributed by atoms with Gasteiger partial charge in [0.1, 0.15) is 0 Å². The normalized spacial score (nSPS) is 17.2. The molecule has 2 aromatic rings. The smallest absolute Gasteiger partial charge is 0.237 e. The number of rotatable bonds is 5. The van der Waals surface area contributed by atoms with E-state index in [1.54, 1.807) is 19.9 Å². The van der Waals surface area contributed by atoms with Gasteiger partial charge in [-0.15, -0.1) is 11.8 Å². The Kier molecular flexibility index (Phi) is 6.05. The van der Waals surface area contributed by atoms with E-state index in [9.17, 15) is 18.0 Å². The highest BCUT2D eigenvalue weighted by atomic mass is 32.2. The molecule has 29 heavy (non-hydrogen) atoms. The minimum atomic E-state index is -3.70. The molecule has 2 aromatic carbocycles. The van der Waals surface area contributed by atoms with E-state index in [1.165, 1.54) is 23.9 Å². The van der Waals surface area contributed by atoms with Gasteiger partial charge in [-0.1, -0.05) is 13.0 Å². The number of thioether (sulfide) groups is 1. The molecule has 0 saturated carbocycles. The van der Waals surface area contributed by atoms with E-state index in [2.05, 4.69) is 10.6 Å². The highest BCUT2D eigenvalue weighted by Crippen LogP contribution is 2.37. The number of nitrogens with one attached hydrogen (secondary N) is 2. The second-order valence-electron chi connectivity index (χ2n) is 7.46. The predicted molar refractivity (Wildman–Crippen MR) is 116 cm³/mol. The fourth-order valence-electron chi connectivity index (χ4n) is 3.19. The number of amides is 2. The first kappa shape index (κ1) is 21.4. The number of hydrogen-bond acceptors (Lipinski definition) is 5. The number of benzene rings is 2. The molecule has 1 aliphatic heterocycles. The molecule has 0 fully saturated rings. The van der Waals surface area contributed by atoms with Crippen LogP contribution in [0.1, 0.15) is 25.0 Å². The van der Waals surface area contributed by atoms with E-state index in [0.29, 0.717) is 11.4 Å². The van der Waals surface area contributed by atoms with Gasteiger partial charge in [0.2, 0.25) is 11.8 Å². The van der Waals surface area contributed by atoms with Gasteiger partial charge < -0.3 is 10.6 Å². The van der Waals surface area contributed by atoms with Crippen molar-refractivity contribution in [3.8, 4) is 0 Å². The average Bonchev–Trinajstić information content (AvgIpc) is 2.61. The van der Waals surface area contributed by atoms with Crippen LogP contribution in [0.3, 0.4) is 0 Å². The van der Waals surface area contributed by atoms with Gasteiger partial charge in [0.05, 0.1) is 21.6 Å². The van der Waals surface area contributed by atoms with Crippen LogP contribution in [0.15, 0.2) is 46.2 Å². The zero-order valence-corrected chi connectivity index (χ0v) is 18.4.